The smallest absolute Gasteiger partial charge is 0.225 e. The van der Waals surface area contributed by atoms with Crippen molar-refractivity contribution in [2.75, 3.05) is 24.0 Å². The minimum absolute atomic E-state index is 0.0722. The van der Waals surface area contributed by atoms with Crippen molar-refractivity contribution < 1.29 is 9.53 Å². The Morgan fingerprint density at radius 2 is 2.00 bits per heavy atom. The Morgan fingerprint density at radius 1 is 1.25 bits per heavy atom. The van der Waals surface area contributed by atoms with Crippen LogP contribution in [0.4, 0.5) is 5.69 Å². The molecule has 28 heavy (non-hydrogen) atoms. The lowest BCUT2D eigenvalue weighted by Gasteiger charge is -2.09. The molecule has 0 aliphatic carbocycles. The van der Waals surface area contributed by atoms with E-state index in [-0.39, 0.29) is 5.91 Å². The number of methoxy groups -OCH3 is 1. The largest absolute Gasteiger partial charge is 0.497 e. The zero-order valence-corrected chi connectivity index (χ0v) is 17.9. The van der Waals surface area contributed by atoms with Gasteiger partial charge in [-0.15, -0.1) is 10.2 Å². The summed E-state index contributed by atoms with van der Waals surface area (Å²) in [4.78, 5) is 12.2. The third kappa shape index (κ3) is 4.85. The standard InChI is InChI=1S/C19H20BrN5O2S/c1-12-11-15(27-2)7-8-16(12)22-17(26)9-10-28-19-24-23-18(25(19)21)13-3-5-14(20)6-4-13/h3-8,11H,9-10,21H2,1-2H3,(H,22,26). The number of aryl methyl sites for hydroxylation is 1. The van der Waals surface area contributed by atoms with Gasteiger partial charge in [-0.2, -0.15) is 0 Å². The summed E-state index contributed by atoms with van der Waals surface area (Å²) in [5.41, 5.74) is 2.59. The first-order valence-corrected chi connectivity index (χ1v) is 10.3. The molecule has 0 saturated carbocycles. The summed E-state index contributed by atoms with van der Waals surface area (Å²) in [6, 6.07) is 13.2. The van der Waals surface area contributed by atoms with E-state index in [9.17, 15) is 4.79 Å². The number of halogens is 1. The van der Waals surface area contributed by atoms with E-state index in [0.29, 0.717) is 23.2 Å². The molecule has 0 fully saturated rings. The first-order valence-electron chi connectivity index (χ1n) is 8.51. The summed E-state index contributed by atoms with van der Waals surface area (Å²) in [6.07, 6.45) is 0.330. The Kier molecular flexibility index (Phi) is 6.58. The molecule has 0 spiro atoms. The molecule has 1 heterocycles. The van der Waals surface area contributed by atoms with Crippen LogP contribution in [0.1, 0.15) is 12.0 Å². The second-order valence-corrected chi connectivity index (χ2v) is 7.99. The molecule has 3 rings (SSSR count). The number of ether oxygens (including phenoxy) is 1. The lowest BCUT2D eigenvalue weighted by molar-refractivity contribution is -0.115. The van der Waals surface area contributed by atoms with Gasteiger partial charge in [0.15, 0.2) is 5.82 Å². The van der Waals surface area contributed by atoms with Crippen LogP contribution in [0, 0.1) is 6.92 Å². The van der Waals surface area contributed by atoms with E-state index in [4.69, 9.17) is 10.6 Å². The summed E-state index contributed by atoms with van der Waals surface area (Å²) < 4.78 is 7.60. The van der Waals surface area contributed by atoms with E-state index in [1.165, 1.54) is 16.4 Å². The van der Waals surface area contributed by atoms with Gasteiger partial charge in [0.1, 0.15) is 5.75 Å². The van der Waals surface area contributed by atoms with Gasteiger partial charge in [0.2, 0.25) is 11.1 Å². The van der Waals surface area contributed by atoms with Crippen molar-refractivity contribution in [2.45, 2.75) is 18.5 Å². The van der Waals surface area contributed by atoms with Crippen LogP contribution in [0.2, 0.25) is 0 Å². The van der Waals surface area contributed by atoms with Crippen molar-refractivity contribution >= 4 is 39.3 Å². The molecular weight excluding hydrogens is 442 g/mol. The topological polar surface area (TPSA) is 95.1 Å². The fourth-order valence-electron chi connectivity index (χ4n) is 2.52. The van der Waals surface area contributed by atoms with Gasteiger partial charge in [-0.1, -0.05) is 39.8 Å². The monoisotopic (exact) mass is 461 g/mol. The fraction of sp³-hybridized carbons (Fsp3) is 0.211. The fourth-order valence-corrected chi connectivity index (χ4v) is 3.58. The number of benzene rings is 2. The van der Waals surface area contributed by atoms with Crippen molar-refractivity contribution in [3.8, 4) is 17.1 Å². The molecule has 7 nitrogen and oxygen atoms in total. The van der Waals surface area contributed by atoms with Gasteiger partial charge in [0.05, 0.1) is 7.11 Å². The van der Waals surface area contributed by atoms with Gasteiger partial charge in [-0.25, -0.2) is 4.68 Å². The van der Waals surface area contributed by atoms with Gasteiger partial charge in [-0.3, -0.25) is 4.79 Å². The first-order chi connectivity index (χ1) is 13.5. The van der Waals surface area contributed by atoms with Crippen LogP contribution >= 0.6 is 27.7 Å². The van der Waals surface area contributed by atoms with Crippen molar-refractivity contribution in [3.05, 3.63) is 52.5 Å². The molecule has 1 amide bonds. The second-order valence-electron chi connectivity index (χ2n) is 6.01. The molecule has 1 aromatic heterocycles. The van der Waals surface area contributed by atoms with E-state index in [1.807, 2.05) is 49.4 Å². The first kappa shape index (κ1) is 20.2. The average molecular weight is 462 g/mol. The van der Waals surface area contributed by atoms with Crippen molar-refractivity contribution in [2.24, 2.45) is 0 Å². The number of nitrogen functional groups attached to an aromatic ring is 1. The molecule has 2 aromatic carbocycles. The number of nitrogens with zero attached hydrogens (tertiary/aromatic N) is 3. The Labute approximate surface area is 175 Å². The predicted octanol–water partition coefficient (Wildman–Crippen LogP) is 3.86. The molecular formula is C19H20BrN5O2S. The van der Waals surface area contributed by atoms with E-state index in [2.05, 4.69) is 31.4 Å². The number of nitrogens with one attached hydrogen (secondary N) is 1. The van der Waals surface area contributed by atoms with Crippen LogP contribution in [0.5, 0.6) is 5.75 Å². The van der Waals surface area contributed by atoms with E-state index in [1.54, 1.807) is 7.11 Å². The Morgan fingerprint density at radius 3 is 2.68 bits per heavy atom. The Balaban J connectivity index is 1.55. The molecule has 3 aromatic rings. The maximum Gasteiger partial charge on any atom is 0.225 e. The summed E-state index contributed by atoms with van der Waals surface area (Å²) >= 11 is 4.79. The molecule has 0 aliphatic rings. The number of hydrogen-bond donors (Lipinski definition) is 2. The molecule has 0 atom stereocenters. The molecule has 0 radical (unpaired) electrons. The SMILES string of the molecule is COc1ccc(NC(=O)CCSc2nnc(-c3ccc(Br)cc3)n2N)c(C)c1. The van der Waals surface area contributed by atoms with Crippen LogP contribution in [0.3, 0.4) is 0 Å². The lowest BCUT2D eigenvalue weighted by Crippen LogP contribution is -2.14. The Bertz CT molecular complexity index is 975. The van der Waals surface area contributed by atoms with Crippen LogP contribution in [0.25, 0.3) is 11.4 Å². The highest BCUT2D eigenvalue weighted by Crippen LogP contribution is 2.24. The zero-order valence-electron chi connectivity index (χ0n) is 15.5. The minimum atomic E-state index is -0.0722. The van der Waals surface area contributed by atoms with Gasteiger partial charge in [0, 0.05) is 27.9 Å². The van der Waals surface area contributed by atoms with Crippen LogP contribution in [-0.4, -0.2) is 33.6 Å². The zero-order chi connectivity index (χ0) is 20.1. The van der Waals surface area contributed by atoms with Crippen molar-refractivity contribution in [1.82, 2.24) is 14.9 Å². The highest BCUT2D eigenvalue weighted by atomic mass is 79.9. The molecule has 0 saturated heterocycles. The van der Waals surface area contributed by atoms with Crippen molar-refractivity contribution in [3.63, 3.8) is 0 Å². The second kappa shape index (κ2) is 9.11. The van der Waals surface area contributed by atoms with Crippen LogP contribution in [0.15, 0.2) is 52.1 Å². The molecule has 0 aliphatic heterocycles. The lowest BCUT2D eigenvalue weighted by atomic mass is 10.2. The number of nitrogens with two attached hydrogens (primary N) is 1. The number of thioether (sulfide) groups is 1. The van der Waals surface area contributed by atoms with E-state index >= 15 is 0 Å². The third-order valence-corrected chi connectivity index (χ3v) is 5.51. The quantitative estimate of drug-likeness (QED) is 0.409. The van der Waals surface area contributed by atoms with Crippen LogP contribution < -0.4 is 15.9 Å². The highest BCUT2D eigenvalue weighted by Gasteiger charge is 2.13. The highest BCUT2D eigenvalue weighted by molar-refractivity contribution is 9.10. The normalized spacial score (nSPS) is 10.7. The summed E-state index contributed by atoms with van der Waals surface area (Å²) in [6.45, 7) is 1.92. The minimum Gasteiger partial charge on any atom is -0.497 e. The van der Waals surface area contributed by atoms with E-state index < -0.39 is 0 Å². The molecule has 146 valence electrons. The molecule has 0 unspecified atom stereocenters. The maximum atomic E-state index is 12.2. The number of carbonyl (C=O) groups is 1. The maximum absolute atomic E-state index is 12.2. The average Bonchev–Trinajstić information content (AvgIpc) is 3.04. The third-order valence-electron chi connectivity index (χ3n) is 4.03. The van der Waals surface area contributed by atoms with Crippen LogP contribution in [-0.2, 0) is 4.79 Å². The van der Waals surface area contributed by atoms with Gasteiger partial charge >= 0.3 is 0 Å². The summed E-state index contributed by atoms with van der Waals surface area (Å²) in [5.74, 6) is 7.91. The summed E-state index contributed by atoms with van der Waals surface area (Å²) in [7, 11) is 1.61. The van der Waals surface area contributed by atoms with Gasteiger partial charge in [0.25, 0.3) is 0 Å². The number of hydrogen-bond acceptors (Lipinski definition) is 6. The predicted molar refractivity (Wildman–Crippen MR) is 115 cm³/mol. The molecule has 9 heteroatoms. The van der Waals surface area contributed by atoms with Gasteiger partial charge < -0.3 is 15.9 Å². The van der Waals surface area contributed by atoms with Crippen molar-refractivity contribution in [1.29, 1.82) is 0 Å². The van der Waals surface area contributed by atoms with Gasteiger partial charge in [-0.05, 0) is 42.8 Å². The molecule has 3 N–H and O–H groups in total. The molecule has 0 bridgehead atoms. The number of anilines is 1. The number of amides is 1. The number of carbonyl (C=O) groups excluding carboxylic acids is 1. The Hall–Kier alpha value is -2.52. The van der Waals surface area contributed by atoms with E-state index in [0.717, 1.165) is 27.0 Å². The summed E-state index contributed by atoms with van der Waals surface area (Å²) in [5, 5.41) is 11.7. The number of aromatic nitrogens is 3. The number of rotatable bonds is 7.